The maximum Gasteiger partial charge on any atom is 0.320 e. The number of aliphatic carboxylic acids is 1. The van der Waals surface area contributed by atoms with Crippen LogP contribution in [-0.4, -0.2) is 48.6 Å². The van der Waals surface area contributed by atoms with E-state index >= 15 is 0 Å². The van der Waals surface area contributed by atoms with E-state index in [1.807, 2.05) is 6.08 Å². The van der Waals surface area contributed by atoms with Gasteiger partial charge in [0, 0.05) is 13.0 Å². The van der Waals surface area contributed by atoms with Crippen LogP contribution in [0.5, 0.6) is 0 Å². The van der Waals surface area contributed by atoms with E-state index in [1.54, 1.807) is 19.0 Å². The number of carbonyl (C=O) groups excluding carboxylic acids is 1. The molecule has 0 aliphatic rings. The van der Waals surface area contributed by atoms with Crippen LogP contribution in [0.3, 0.4) is 0 Å². The molecule has 0 spiro atoms. The van der Waals surface area contributed by atoms with Gasteiger partial charge in [0.15, 0.2) is 0 Å². The zero-order valence-electron chi connectivity index (χ0n) is 20.7. The highest BCUT2D eigenvalue weighted by Gasteiger charge is 2.18. The van der Waals surface area contributed by atoms with Gasteiger partial charge in [0.05, 0.1) is 0 Å². The van der Waals surface area contributed by atoms with Gasteiger partial charge in [0.2, 0.25) is 5.91 Å². The second-order valence-electron chi connectivity index (χ2n) is 9.02. The molecule has 0 saturated heterocycles. The van der Waals surface area contributed by atoms with Crippen molar-refractivity contribution < 1.29 is 14.7 Å². The SMILES string of the molecule is CCCCCCCCCCCCCC/C=C/CC(=O)NCCCC[C@@H](C(=O)O)N(C)C. The summed E-state index contributed by atoms with van der Waals surface area (Å²) in [6.45, 7) is 2.88. The molecule has 31 heavy (non-hydrogen) atoms. The number of carbonyl (C=O) groups is 2. The summed E-state index contributed by atoms with van der Waals surface area (Å²) in [5, 5.41) is 12.0. The fourth-order valence-corrected chi connectivity index (χ4v) is 3.78. The van der Waals surface area contributed by atoms with Crippen LogP contribution in [0.25, 0.3) is 0 Å². The maximum absolute atomic E-state index is 11.8. The minimum atomic E-state index is -0.785. The molecule has 0 aromatic heterocycles. The number of hydrogen-bond acceptors (Lipinski definition) is 3. The third-order valence-corrected chi connectivity index (χ3v) is 5.83. The Morgan fingerprint density at radius 3 is 1.87 bits per heavy atom. The second-order valence-corrected chi connectivity index (χ2v) is 9.02. The van der Waals surface area contributed by atoms with Gasteiger partial charge in [-0.15, -0.1) is 0 Å². The number of amides is 1. The van der Waals surface area contributed by atoms with Crippen molar-refractivity contribution in [1.82, 2.24) is 10.2 Å². The molecule has 1 amide bonds. The van der Waals surface area contributed by atoms with Crippen LogP contribution in [-0.2, 0) is 9.59 Å². The van der Waals surface area contributed by atoms with Crippen LogP contribution in [0.4, 0.5) is 0 Å². The molecule has 1 atom stereocenters. The minimum Gasteiger partial charge on any atom is -0.480 e. The number of unbranched alkanes of at least 4 members (excludes halogenated alkanes) is 13. The predicted molar refractivity (Wildman–Crippen MR) is 131 cm³/mol. The second kappa shape index (κ2) is 21.9. The van der Waals surface area contributed by atoms with Gasteiger partial charge in [0.1, 0.15) is 6.04 Å². The first kappa shape index (κ1) is 29.6. The van der Waals surface area contributed by atoms with Crippen LogP contribution in [0.15, 0.2) is 12.2 Å². The summed E-state index contributed by atoms with van der Waals surface area (Å²) in [5.74, 6) is -0.735. The zero-order valence-corrected chi connectivity index (χ0v) is 20.7. The van der Waals surface area contributed by atoms with E-state index < -0.39 is 12.0 Å². The first-order valence-corrected chi connectivity index (χ1v) is 12.8. The van der Waals surface area contributed by atoms with E-state index in [4.69, 9.17) is 5.11 Å². The molecular formula is C26H50N2O3. The van der Waals surface area contributed by atoms with Gasteiger partial charge < -0.3 is 10.4 Å². The van der Waals surface area contributed by atoms with E-state index in [1.165, 1.54) is 77.0 Å². The lowest BCUT2D eigenvalue weighted by Crippen LogP contribution is -2.35. The Balaban J connectivity index is 3.42. The van der Waals surface area contributed by atoms with Crippen LogP contribution in [0.2, 0.25) is 0 Å². The summed E-state index contributed by atoms with van der Waals surface area (Å²) in [7, 11) is 3.56. The Morgan fingerprint density at radius 2 is 1.35 bits per heavy atom. The van der Waals surface area contributed by atoms with E-state index in [9.17, 15) is 9.59 Å². The number of likely N-dealkylation sites (N-methyl/N-ethyl adjacent to an activating group) is 1. The molecule has 0 aliphatic carbocycles. The van der Waals surface area contributed by atoms with Gasteiger partial charge in [-0.3, -0.25) is 14.5 Å². The minimum absolute atomic E-state index is 0.0494. The van der Waals surface area contributed by atoms with Crippen molar-refractivity contribution >= 4 is 11.9 Å². The summed E-state index contributed by atoms with van der Waals surface area (Å²) in [5.41, 5.74) is 0. The first-order chi connectivity index (χ1) is 15.0. The van der Waals surface area contributed by atoms with Crippen LogP contribution in [0.1, 0.15) is 116 Å². The van der Waals surface area contributed by atoms with Crippen molar-refractivity contribution in [3.05, 3.63) is 12.2 Å². The lowest BCUT2D eigenvalue weighted by Gasteiger charge is -2.19. The summed E-state index contributed by atoms with van der Waals surface area (Å²) in [6, 6.07) is -0.445. The highest BCUT2D eigenvalue weighted by molar-refractivity contribution is 5.77. The first-order valence-electron chi connectivity index (χ1n) is 12.8. The fourth-order valence-electron chi connectivity index (χ4n) is 3.78. The van der Waals surface area contributed by atoms with Gasteiger partial charge in [-0.25, -0.2) is 0 Å². The molecule has 5 heteroatoms. The molecule has 0 unspecified atom stereocenters. The molecule has 0 aliphatic heterocycles. The summed E-state index contributed by atoms with van der Waals surface area (Å²) in [4.78, 5) is 24.7. The van der Waals surface area contributed by atoms with Crippen molar-refractivity contribution in [3.8, 4) is 0 Å². The molecule has 2 N–H and O–H groups in total. The Bertz CT molecular complexity index is 464. The number of nitrogens with one attached hydrogen (secondary N) is 1. The average Bonchev–Trinajstić information content (AvgIpc) is 2.72. The van der Waals surface area contributed by atoms with Gasteiger partial charge in [-0.2, -0.15) is 0 Å². The van der Waals surface area contributed by atoms with Crippen molar-refractivity contribution in [2.45, 2.75) is 122 Å². The van der Waals surface area contributed by atoms with Crippen LogP contribution < -0.4 is 5.32 Å². The Labute approximate surface area is 192 Å². The van der Waals surface area contributed by atoms with E-state index in [-0.39, 0.29) is 5.91 Å². The molecule has 0 saturated carbocycles. The fraction of sp³-hybridized carbons (Fsp3) is 0.846. The molecule has 0 aromatic carbocycles. The standard InChI is InChI=1S/C26H50N2O3/c1-4-5-6-7-8-9-10-11-12-13-14-15-16-17-18-22-25(29)27-23-20-19-21-24(26(30)31)28(2)3/h17-18,24H,4-16,19-23H2,1-3H3,(H,27,29)(H,30,31)/b18-17+/t24-/m0/s1. The molecule has 0 bridgehead atoms. The molecular weight excluding hydrogens is 388 g/mol. The van der Waals surface area contributed by atoms with E-state index in [0.29, 0.717) is 19.4 Å². The summed E-state index contributed by atoms with van der Waals surface area (Å²) < 4.78 is 0. The number of carboxylic acid groups (broad SMARTS) is 1. The lowest BCUT2D eigenvalue weighted by atomic mass is 10.0. The van der Waals surface area contributed by atoms with E-state index in [2.05, 4.69) is 18.3 Å². The highest BCUT2D eigenvalue weighted by Crippen LogP contribution is 2.12. The Morgan fingerprint density at radius 1 is 0.806 bits per heavy atom. The molecule has 5 nitrogen and oxygen atoms in total. The molecule has 0 aromatic rings. The number of rotatable bonds is 22. The van der Waals surface area contributed by atoms with Crippen molar-refractivity contribution in [1.29, 1.82) is 0 Å². The normalized spacial score (nSPS) is 12.5. The number of hydrogen-bond donors (Lipinski definition) is 2. The number of nitrogens with zero attached hydrogens (tertiary/aromatic N) is 1. The Kier molecular flexibility index (Phi) is 20.9. The van der Waals surface area contributed by atoms with Crippen LogP contribution in [0, 0.1) is 0 Å². The van der Waals surface area contributed by atoms with Gasteiger partial charge in [-0.05, 0) is 46.2 Å². The van der Waals surface area contributed by atoms with Crippen molar-refractivity contribution in [3.63, 3.8) is 0 Å². The highest BCUT2D eigenvalue weighted by atomic mass is 16.4. The third-order valence-electron chi connectivity index (χ3n) is 5.83. The van der Waals surface area contributed by atoms with Crippen LogP contribution >= 0.6 is 0 Å². The lowest BCUT2D eigenvalue weighted by molar-refractivity contribution is -0.142. The van der Waals surface area contributed by atoms with Gasteiger partial charge >= 0.3 is 5.97 Å². The Hall–Kier alpha value is -1.36. The molecule has 0 fully saturated rings. The molecule has 0 heterocycles. The summed E-state index contributed by atoms with van der Waals surface area (Å²) >= 11 is 0. The monoisotopic (exact) mass is 438 g/mol. The largest absolute Gasteiger partial charge is 0.480 e. The van der Waals surface area contributed by atoms with Crippen molar-refractivity contribution in [2.75, 3.05) is 20.6 Å². The topological polar surface area (TPSA) is 69.6 Å². The summed E-state index contributed by atoms with van der Waals surface area (Å²) in [6.07, 6.45) is 24.2. The number of carboxylic acids is 1. The van der Waals surface area contributed by atoms with Crippen molar-refractivity contribution in [2.24, 2.45) is 0 Å². The average molecular weight is 439 g/mol. The molecule has 0 radical (unpaired) electrons. The quantitative estimate of drug-likeness (QED) is 0.153. The maximum atomic E-state index is 11.8. The molecule has 0 rings (SSSR count). The molecule has 182 valence electrons. The zero-order chi connectivity index (χ0) is 23.2. The van der Waals surface area contributed by atoms with E-state index in [0.717, 1.165) is 19.3 Å². The predicted octanol–water partition coefficient (Wildman–Crippen LogP) is 6.33. The smallest absolute Gasteiger partial charge is 0.320 e. The van der Waals surface area contributed by atoms with Gasteiger partial charge in [0.25, 0.3) is 0 Å². The number of allylic oxidation sites excluding steroid dienone is 1. The third kappa shape index (κ3) is 20.3. The van der Waals surface area contributed by atoms with Gasteiger partial charge in [-0.1, -0.05) is 89.7 Å².